The van der Waals surface area contributed by atoms with E-state index in [0.29, 0.717) is 11.7 Å². The van der Waals surface area contributed by atoms with Crippen LogP contribution in [0.25, 0.3) is 0 Å². The first-order valence-corrected chi connectivity index (χ1v) is 4.88. The van der Waals surface area contributed by atoms with Crippen LogP contribution in [0, 0.1) is 5.92 Å². The Morgan fingerprint density at radius 1 is 1.08 bits per heavy atom. The van der Waals surface area contributed by atoms with E-state index in [9.17, 15) is 0 Å². The van der Waals surface area contributed by atoms with Crippen LogP contribution in [0.2, 0.25) is 0 Å². The van der Waals surface area contributed by atoms with Crippen LogP contribution >= 0.6 is 0 Å². The van der Waals surface area contributed by atoms with Crippen molar-refractivity contribution in [3.8, 4) is 0 Å². The van der Waals surface area contributed by atoms with Gasteiger partial charge in [0.1, 0.15) is 0 Å². The van der Waals surface area contributed by atoms with Gasteiger partial charge in [0.15, 0.2) is 0 Å². The Morgan fingerprint density at radius 2 is 1.69 bits per heavy atom. The smallest absolute Gasteiger partial charge is 0.0936 e. The fourth-order valence-corrected chi connectivity index (χ4v) is 1.93. The number of nitrogens with two attached hydrogens (primary N) is 3. The van der Waals surface area contributed by atoms with Crippen molar-refractivity contribution < 1.29 is 0 Å². The Labute approximate surface area is 79.7 Å². The Bertz CT molecular complexity index is 208. The highest BCUT2D eigenvalue weighted by Crippen LogP contribution is 2.29. The Balaban J connectivity index is 2.60. The van der Waals surface area contributed by atoms with E-state index in [1.54, 1.807) is 12.3 Å². The van der Waals surface area contributed by atoms with E-state index in [0.717, 1.165) is 5.57 Å². The minimum atomic E-state index is 0.349. The molecule has 0 heterocycles. The Hall–Kier alpha value is -1.12. The van der Waals surface area contributed by atoms with Gasteiger partial charge in [-0.3, -0.25) is 0 Å². The van der Waals surface area contributed by atoms with Gasteiger partial charge in [-0.15, -0.1) is 0 Å². The van der Waals surface area contributed by atoms with Gasteiger partial charge in [-0.25, -0.2) is 0 Å². The van der Waals surface area contributed by atoms with Gasteiger partial charge in [-0.05, 0) is 36.6 Å². The van der Waals surface area contributed by atoms with Gasteiger partial charge in [0.2, 0.25) is 0 Å². The molecule has 0 aromatic rings. The average Bonchev–Trinajstić information content (AvgIpc) is 2.15. The van der Waals surface area contributed by atoms with Crippen LogP contribution in [-0.2, 0) is 0 Å². The molecule has 1 fully saturated rings. The molecule has 1 saturated carbocycles. The van der Waals surface area contributed by atoms with E-state index in [-0.39, 0.29) is 0 Å². The third-order valence-corrected chi connectivity index (χ3v) is 2.60. The van der Waals surface area contributed by atoms with Crippen molar-refractivity contribution in [2.24, 2.45) is 23.1 Å². The molecule has 0 bridgehead atoms. The molecular weight excluding hydrogens is 162 g/mol. The highest BCUT2D eigenvalue weighted by Gasteiger charge is 2.15. The van der Waals surface area contributed by atoms with E-state index in [1.807, 2.05) is 0 Å². The number of hydrogen-bond donors (Lipinski definition) is 3. The minimum Gasteiger partial charge on any atom is -0.404 e. The lowest BCUT2D eigenvalue weighted by atomic mass is 9.84. The van der Waals surface area contributed by atoms with Crippen molar-refractivity contribution in [3.63, 3.8) is 0 Å². The van der Waals surface area contributed by atoms with Gasteiger partial charge in [0, 0.05) is 0 Å². The fraction of sp³-hybridized carbons (Fsp3) is 0.600. The maximum Gasteiger partial charge on any atom is 0.0936 e. The quantitative estimate of drug-likeness (QED) is 0.559. The molecule has 0 radical (unpaired) electrons. The molecule has 0 aromatic heterocycles. The van der Waals surface area contributed by atoms with Crippen molar-refractivity contribution in [1.82, 2.24) is 0 Å². The van der Waals surface area contributed by atoms with E-state index in [2.05, 4.69) is 0 Å². The largest absolute Gasteiger partial charge is 0.404 e. The van der Waals surface area contributed by atoms with Crippen LogP contribution in [0.1, 0.15) is 32.1 Å². The molecule has 3 heteroatoms. The van der Waals surface area contributed by atoms with Gasteiger partial charge in [0.05, 0.1) is 5.82 Å². The molecule has 0 spiro atoms. The van der Waals surface area contributed by atoms with Gasteiger partial charge >= 0.3 is 0 Å². The summed E-state index contributed by atoms with van der Waals surface area (Å²) >= 11 is 0. The minimum absolute atomic E-state index is 0.349. The van der Waals surface area contributed by atoms with Crippen LogP contribution in [0.15, 0.2) is 23.7 Å². The third-order valence-electron chi connectivity index (χ3n) is 2.60. The number of hydrogen-bond acceptors (Lipinski definition) is 3. The monoisotopic (exact) mass is 181 g/mol. The van der Waals surface area contributed by atoms with Gasteiger partial charge < -0.3 is 17.2 Å². The zero-order valence-electron chi connectivity index (χ0n) is 8.00. The molecule has 1 aliphatic rings. The second-order valence-corrected chi connectivity index (χ2v) is 3.65. The second kappa shape index (κ2) is 4.80. The molecule has 13 heavy (non-hydrogen) atoms. The Kier molecular flexibility index (Phi) is 3.68. The lowest BCUT2D eigenvalue weighted by molar-refractivity contribution is 0.407. The van der Waals surface area contributed by atoms with E-state index in [4.69, 9.17) is 17.2 Å². The summed E-state index contributed by atoms with van der Waals surface area (Å²) in [5, 5.41) is 0. The summed E-state index contributed by atoms with van der Waals surface area (Å²) in [7, 11) is 0. The summed E-state index contributed by atoms with van der Waals surface area (Å²) < 4.78 is 0. The van der Waals surface area contributed by atoms with Crippen LogP contribution in [-0.4, -0.2) is 0 Å². The second-order valence-electron chi connectivity index (χ2n) is 3.65. The molecule has 3 nitrogen and oxygen atoms in total. The first-order valence-electron chi connectivity index (χ1n) is 4.88. The normalized spacial score (nSPS) is 19.8. The highest BCUT2D eigenvalue weighted by molar-refractivity contribution is 5.23. The summed E-state index contributed by atoms with van der Waals surface area (Å²) in [4.78, 5) is 0. The molecule has 0 aliphatic heterocycles. The standard InChI is InChI=1S/C10H19N3/c11-7-9(6-10(12)13)8-4-2-1-3-5-8/h6-8H,1-5,11-13H2/b9-7+. The molecule has 74 valence electrons. The summed E-state index contributed by atoms with van der Waals surface area (Å²) in [6, 6.07) is 0. The van der Waals surface area contributed by atoms with Crippen molar-refractivity contribution in [1.29, 1.82) is 0 Å². The van der Waals surface area contributed by atoms with E-state index in [1.165, 1.54) is 32.1 Å². The van der Waals surface area contributed by atoms with Gasteiger partial charge in [-0.2, -0.15) is 0 Å². The molecule has 0 amide bonds. The fourth-order valence-electron chi connectivity index (χ4n) is 1.93. The average molecular weight is 181 g/mol. The predicted octanol–water partition coefficient (Wildman–Crippen LogP) is 1.17. The molecule has 1 aliphatic carbocycles. The molecule has 0 saturated heterocycles. The van der Waals surface area contributed by atoms with Gasteiger partial charge in [-0.1, -0.05) is 19.3 Å². The van der Waals surface area contributed by atoms with Gasteiger partial charge in [0.25, 0.3) is 0 Å². The SMILES string of the molecule is N/C=C(\C=C(N)N)C1CCCCC1. The zero-order valence-corrected chi connectivity index (χ0v) is 8.00. The first-order chi connectivity index (χ1) is 6.24. The molecule has 0 aromatic carbocycles. The lowest BCUT2D eigenvalue weighted by Crippen LogP contribution is -2.14. The summed E-state index contributed by atoms with van der Waals surface area (Å²) in [5.41, 5.74) is 17.5. The van der Waals surface area contributed by atoms with Crippen molar-refractivity contribution >= 4 is 0 Å². The van der Waals surface area contributed by atoms with E-state index >= 15 is 0 Å². The van der Waals surface area contributed by atoms with Crippen molar-refractivity contribution in [2.75, 3.05) is 0 Å². The van der Waals surface area contributed by atoms with Crippen LogP contribution < -0.4 is 17.2 Å². The molecule has 6 N–H and O–H groups in total. The molecule has 0 unspecified atom stereocenters. The van der Waals surface area contributed by atoms with Crippen LogP contribution in [0.4, 0.5) is 0 Å². The maximum absolute atomic E-state index is 5.53. The Morgan fingerprint density at radius 3 is 2.15 bits per heavy atom. The van der Waals surface area contributed by atoms with Crippen LogP contribution in [0.3, 0.4) is 0 Å². The topological polar surface area (TPSA) is 78.1 Å². The summed E-state index contributed by atoms with van der Waals surface area (Å²) in [6.45, 7) is 0. The maximum atomic E-state index is 5.53. The molecule has 0 atom stereocenters. The summed E-state index contributed by atoms with van der Waals surface area (Å²) in [6.07, 6.45) is 9.78. The van der Waals surface area contributed by atoms with Crippen molar-refractivity contribution in [2.45, 2.75) is 32.1 Å². The summed E-state index contributed by atoms with van der Waals surface area (Å²) in [5.74, 6) is 0.920. The van der Waals surface area contributed by atoms with E-state index < -0.39 is 0 Å². The highest BCUT2D eigenvalue weighted by atomic mass is 14.8. The first kappa shape index (κ1) is 9.96. The molecular formula is C10H19N3. The van der Waals surface area contributed by atoms with Crippen molar-refractivity contribution in [3.05, 3.63) is 23.7 Å². The number of allylic oxidation sites excluding steroid dienone is 2. The zero-order chi connectivity index (χ0) is 9.68. The molecule has 1 rings (SSSR count). The number of rotatable bonds is 2. The predicted molar refractivity (Wildman–Crippen MR) is 55.3 cm³/mol. The van der Waals surface area contributed by atoms with Crippen LogP contribution in [0.5, 0.6) is 0 Å². The lowest BCUT2D eigenvalue weighted by Gasteiger charge is -2.22. The third kappa shape index (κ3) is 3.01.